The van der Waals surface area contributed by atoms with E-state index < -0.39 is 21.7 Å². The van der Waals surface area contributed by atoms with Crippen molar-refractivity contribution in [1.29, 1.82) is 0 Å². The van der Waals surface area contributed by atoms with Crippen LogP contribution < -0.4 is 16.4 Å². The van der Waals surface area contributed by atoms with Crippen molar-refractivity contribution in [2.24, 2.45) is 0 Å². The SMILES string of the molecule is CCN(CC)S(=O)(=O)c1ccc(NCCNC(=O)OC(C)(C)C)c(N)c1. The van der Waals surface area contributed by atoms with Gasteiger partial charge in [-0.25, -0.2) is 13.2 Å². The third-order valence-corrected chi connectivity index (χ3v) is 5.52. The van der Waals surface area contributed by atoms with Crippen molar-refractivity contribution in [3.63, 3.8) is 0 Å². The van der Waals surface area contributed by atoms with Crippen molar-refractivity contribution in [1.82, 2.24) is 9.62 Å². The molecule has 0 aromatic heterocycles. The van der Waals surface area contributed by atoms with E-state index in [1.165, 1.54) is 16.4 Å². The topological polar surface area (TPSA) is 114 Å². The first-order chi connectivity index (χ1) is 12.0. The minimum Gasteiger partial charge on any atom is -0.444 e. The number of ether oxygens (including phenoxy) is 1. The maximum absolute atomic E-state index is 12.5. The second-order valence-corrected chi connectivity index (χ2v) is 8.63. The molecule has 26 heavy (non-hydrogen) atoms. The molecule has 0 fully saturated rings. The molecule has 1 aromatic carbocycles. The van der Waals surface area contributed by atoms with Crippen LogP contribution >= 0.6 is 0 Å². The van der Waals surface area contributed by atoms with Gasteiger partial charge in [-0.2, -0.15) is 4.31 Å². The van der Waals surface area contributed by atoms with Crippen molar-refractivity contribution in [3.8, 4) is 0 Å². The summed E-state index contributed by atoms with van der Waals surface area (Å²) < 4.78 is 31.5. The Kier molecular flexibility index (Phi) is 7.70. The summed E-state index contributed by atoms with van der Waals surface area (Å²) in [5.74, 6) is 0. The van der Waals surface area contributed by atoms with Crippen molar-refractivity contribution >= 4 is 27.5 Å². The summed E-state index contributed by atoms with van der Waals surface area (Å²) in [4.78, 5) is 11.7. The molecule has 1 aromatic rings. The zero-order valence-corrected chi connectivity index (χ0v) is 16.9. The first kappa shape index (κ1) is 22.0. The van der Waals surface area contributed by atoms with E-state index in [9.17, 15) is 13.2 Å². The summed E-state index contributed by atoms with van der Waals surface area (Å²) in [6, 6.07) is 4.59. The van der Waals surface area contributed by atoms with Crippen LogP contribution in [0.1, 0.15) is 34.6 Å². The van der Waals surface area contributed by atoms with Crippen LogP contribution in [0.2, 0.25) is 0 Å². The van der Waals surface area contributed by atoms with Crippen molar-refractivity contribution in [2.75, 3.05) is 37.2 Å². The van der Waals surface area contributed by atoms with Crippen LogP contribution in [0, 0.1) is 0 Å². The Morgan fingerprint density at radius 2 is 1.81 bits per heavy atom. The standard InChI is InChI=1S/C17H30N4O4S/c1-6-21(7-2)26(23,24)13-8-9-15(14(18)12-13)19-10-11-20-16(22)25-17(3,4)5/h8-9,12,19H,6-7,10-11,18H2,1-5H3,(H,20,22). The maximum atomic E-state index is 12.5. The number of anilines is 2. The number of carbonyl (C=O) groups excluding carboxylic acids is 1. The van der Waals surface area contributed by atoms with Gasteiger partial charge in [-0.1, -0.05) is 13.8 Å². The van der Waals surface area contributed by atoms with Gasteiger partial charge in [0.15, 0.2) is 0 Å². The molecule has 148 valence electrons. The Balaban J connectivity index is 2.65. The zero-order valence-electron chi connectivity index (χ0n) is 16.1. The van der Waals surface area contributed by atoms with Crippen molar-refractivity contribution in [2.45, 2.75) is 45.1 Å². The minimum atomic E-state index is -3.54. The lowest BCUT2D eigenvalue weighted by Crippen LogP contribution is -2.35. The van der Waals surface area contributed by atoms with Crippen LogP contribution in [-0.4, -0.2) is 50.6 Å². The number of amides is 1. The highest BCUT2D eigenvalue weighted by molar-refractivity contribution is 7.89. The lowest BCUT2D eigenvalue weighted by Gasteiger charge is -2.20. The van der Waals surface area contributed by atoms with Crippen molar-refractivity contribution < 1.29 is 17.9 Å². The molecule has 0 unspecified atom stereocenters. The fraction of sp³-hybridized carbons (Fsp3) is 0.588. The lowest BCUT2D eigenvalue weighted by molar-refractivity contribution is 0.0530. The number of hydrogen-bond donors (Lipinski definition) is 3. The van der Waals surface area contributed by atoms with E-state index in [1.807, 2.05) is 0 Å². The smallest absolute Gasteiger partial charge is 0.407 e. The van der Waals surface area contributed by atoms with Crippen LogP contribution in [0.5, 0.6) is 0 Å². The fourth-order valence-corrected chi connectivity index (χ4v) is 3.74. The molecule has 0 saturated carbocycles. The highest BCUT2D eigenvalue weighted by Gasteiger charge is 2.22. The molecule has 0 heterocycles. The van der Waals surface area contributed by atoms with E-state index in [2.05, 4.69) is 10.6 Å². The summed E-state index contributed by atoms with van der Waals surface area (Å²) in [7, 11) is -3.54. The van der Waals surface area contributed by atoms with Gasteiger partial charge < -0.3 is 21.1 Å². The number of nitrogens with two attached hydrogens (primary N) is 1. The molecule has 9 heteroatoms. The molecule has 0 radical (unpaired) electrons. The van der Waals surface area contributed by atoms with Gasteiger partial charge in [0.25, 0.3) is 0 Å². The molecule has 0 atom stereocenters. The third-order valence-electron chi connectivity index (χ3n) is 3.47. The first-order valence-electron chi connectivity index (χ1n) is 8.61. The van der Waals surface area contributed by atoms with E-state index in [0.29, 0.717) is 37.6 Å². The molecule has 0 aliphatic carbocycles. The largest absolute Gasteiger partial charge is 0.444 e. The maximum Gasteiger partial charge on any atom is 0.407 e. The molecule has 0 spiro atoms. The predicted molar refractivity (Wildman–Crippen MR) is 104 cm³/mol. The van der Waals surface area contributed by atoms with E-state index in [4.69, 9.17) is 10.5 Å². The van der Waals surface area contributed by atoms with Gasteiger partial charge in [0.2, 0.25) is 10.0 Å². The Hall–Kier alpha value is -2.00. The molecule has 1 amide bonds. The van der Waals surface area contributed by atoms with Crippen LogP contribution in [0.3, 0.4) is 0 Å². The number of nitrogens with one attached hydrogen (secondary N) is 2. The van der Waals surface area contributed by atoms with Crippen LogP contribution in [0.4, 0.5) is 16.2 Å². The van der Waals surface area contributed by atoms with Gasteiger partial charge >= 0.3 is 6.09 Å². The van der Waals surface area contributed by atoms with Crippen molar-refractivity contribution in [3.05, 3.63) is 18.2 Å². The average Bonchev–Trinajstić information content (AvgIpc) is 2.51. The molecule has 0 saturated heterocycles. The quantitative estimate of drug-likeness (QED) is 0.466. The van der Waals surface area contributed by atoms with E-state index >= 15 is 0 Å². The summed E-state index contributed by atoms with van der Waals surface area (Å²) in [5.41, 5.74) is 6.36. The summed E-state index contributed by atoms with van der Waals surface area (Å²) in [6.45, 7) is 10.5. The normalized spacial score (nSPS) is 12.1. The number of sulfonamides is 1. The van der Waals surface area contributed by atoms with E-state index in [0.717, 1.165) is 0 Å². The Morgan fingerprint density at radius 1 is 1.19 bits per heavy atom. The monoisotopic (exact) mass is 386 g/mol. The second-order valence-electron chi connectivity index (χ2n) is 6.69. The van der Waals surface area contributed by atoms with Crippen LogP contribution in [0.15, 0.2) is 23.1 Å². The number of alkyl carbamates (subject to hydrolysis) is 1. The van der Waals surface area contributed by atoms with Gasteiger partial charge in [-0.15, -0.1) is 0 Å². The van der Waals surface area contributed by atoms with E-state index in [-0.39, 0.29) is 4.90 Å². The Labute approximate surface area is 156 Å². The number of benzene rings is 1. The second kappa shape index (κ2) is 9.09. The molecular formula is C17H30N4O4S. The minimum absolute atomic E-state index is 0.163. The summed E-state index contributed by atoms with van der Waals surface area (Å²) >= 11 is 0. The first-order valence-corrected chi connectivity index (χ1v) is 10.1. The predicted octanol–water partition coefficient (Wildman–Crippen LogP) is 2.24. The number of nitrogen functional groups attached to an aromatic ring is 1. The highest BCUT2D eigenvalue weighted by Crippen LogP contribution is 2.24. The molecule has 4 N–H and O–H groups in total. The number of rotatable bonds is 8. The molecule has 0 aliphatic heterocycles. The van der Waals surface area contributed by atoms with Gasteiger partial charge in [-0.3, -0.25) is 0 Å². The van der Waals surface area contributed by atoms with Crippen LogP contribution in [0.25, 0.3) is 0 Å². The number of carbonyl (C=O) groups is 1. The van der Waals surface area contributed by atoms with E-state index in [1.54, 1.807) is 40.7 Å². The van der Waals surface area contributed by atoms with Crippen LogP contribution in [-0.2, 0) is 14.8 Å². The average molecular weight is 387 g/mol. The highest BCUT2D eigenvalue weighted by atomic mass is 32.2. The molecular weight excluding hydrogens is 356 g/mol. The summed E-state index contributed by atoms with van der Waals surface area (Å²) in [5, 5.41) is 5.69. The lowest BCUT2D eigenvalue weighted by atomic mass is 10.2. The number of hydrogen-bond acceptors (Lipinski definition) is 6. The van der Waals surface area contributed by atoms with Gasteiger partial charge in [0.1, 0.15) is 5.60 Å². The summed E-state index contributed by atoms with van der Waals surface area (Å²) in [6.07, 6.45) is -0.493. The fourth-order valence-electron chi connectivity index (χ4n) is 2.25. The third kappa shape index (κ3) is 6.38. The Morgan fingerprint density at radius 3 is 2.31 bits per heavy atom. The Bertz CT molecular complexity index is 710. The number of nitrogens with zero attached hydrogens (tertiary/aromatic N) is 1. The van der Waals surface area contributed by atoms with Gasteiger partial charge in [0, 0.05) is 26.2 Å². The van der Waals surface area contributed by atoms with Gasteiger partial charge in [0.05, 0.1) is 16.3 Å². The van der Waals surface area contributed by atoms with Gasteiger partial charge in [-0.05, 0) is 39.0 Å². The molecule has 1 rings (SSSR count). The zero-order chi connectivity index (χ0) is 20.0. The molecule has 0 bridgehead atoms. The molecule has 0 aliphatic rings. The molecule has 8 nitrogen and oxygen atoms in total.